The highest BCUT2D eigenvalue weighted by Gasteiger charge is 2.06. The van der Waals surface area contributed by atoms with Crippen molar-refractivity contribution in [3.8, 4) is 5.75 Å². The maximum absolute atomic E-state index is 12.0. The van der Waals surface area contributed by atoms with Gasteiger partial charge in [0, 0.05) is 4.90 Å². The molecule has 0 bridgehead atoms. The molecule has 2 N–H and O–H groups in total. The van der Waals surface area contributed by atoms with E-state index < -0.39 is 0 Å². The molecule has 0 atom stereocenters. The molecule has 0 fully saturated rings. The average molecular weight is 468 g/mol. The molecule has 0 spiro atoms. The molecule has 0 aromatic heterocycles. The SMILES string of the molecule is Cc1ccc(SCC(=O)N/N=C/c2ccc(OCC(=O)Nc3ccccc3Cl)cc2)cc1. The summed E-state index contributed by atoms with van der Waals surface area (Å²) in [5.74, 6) is 0.324. The molecule has 164 valence electrons. The fourth-order valence-electron chi connectivity index (χ4n) is 2.54. The first kappa shape index (κ1) is 23.4. The minimum atomic E-state index is -0.310. The van der Waals surface area contributed by atoms with Crippen molar-refractivity contribution in [1.29, 1.82) is 0 Å². The number of hydrazone groups is 1. The van der Waals surface area contributed by atoms with Crippen molar-refractivity contribution in [3.63, 3.8) is 0 Å². The zero-order valence-electron chi connectivity index (χ0n) is 17.4. The number of nitrogens with one attached hydrogen (secondary N) is 2. The van der Waals surface area contributed by atoms with Crippen LogP contribution in [0.15, 0.2) is 82.8 Å². The van der Waals surface area contributed by atoms with Gasteiger partial charge in [-0.25, -0.2) is 5.43 Å². The number of carbonyl (C=O) groups is 2. The number of benzene rings is 3. The van der Waals surface area contributed by atoms with Gasteiger partial charge in [0.05, 0.1) is 22.7 Å². The van der Waals surface area contributed by atoms with Crippen LogP contribution < -0.4 is 15.5 Å². The number of hydrogen-bond donors (Lipinski definition) is 2. The van der Waals surface area contributed by atoms with Crippen molar-refractivity contribution < 1.29 is 14.3 Å². The first-order valence-electron chi connectivity index (χ1n) is 9.78. The number of rotatable bonds is 9. The Balaban J connectivity index is 1.39. The van der Waals surface area contributed by atoms with E-state index in [1.807, 2.05) is 31.2 Å². The van der Waals surface area contributed by atoms with E-state index in [1.54, 1.807) is 54.7 Å². The van der Waals surface area contributed by atoms with Gasteiger partial charge < -0.3 is 10.1 Å². The van der Waals surface area contributed by atoms with Crippen LogP contribution in [0.5, 0.6) is 5.75 Å². The number of para-hydroxylation sites is 1. The summed E-state index contributed by atoms with van der Waals surface area (Å²) in [5.41, 5.74) is 5.01. The van der Waals surface area contributed by atoms with Crippen LogP contribution in [0.2, 0.25) is 5.02 Å². The lowest BCUT2D eigenvalue weighted by Crippen LogP contribution is -2.20. The van der Waals surface area contributed by atoms with Gasteiger partial charge in [-0.2, -0.15) is 5.10 Å². The molecule has 2 amide bonds. The topological polar surface area (TPSA) is 79.8 Å². The van der Waals surface area contributed by atoms with E-state index in [9.17, 15) is 9.59 Å². The van der Waals surface area contributed by atoms with Gasteiger partial charge in [0.2, 0.25) is 5.91 Å². The minimum absolute atomic E-state index is 0.145. The Morgan fingerprint density at radius 3 is 2.44 bits per heavy atom. The molecule has 0 saturated heterocycles. The zero-order chi connectivity index (χ0) is 22.8. The van der Waals surface area contributed by atoms with E-state index in [1.165, 1.54) is 17.3 Å². The maximum Gasteiger partial charge on any atom is 0.262 e. The summed E-state index contributed by atoms with van der Waals surface area (Å²) in [6, 6.07) is 22.0. The standard InChI is InChI=1S/C24H22ClN3O3S/c1-17-6-12-20(13-7-17)32-16-24(30)28-26-14-18-8-10-19(11-9-18)31-15-23(29)27-22-5-3-2-4-21(22)25/h2-14H,15-16H2,1H3,(H,27,29)(H,28,30)/b26-14+. The monoisotopic (exact) mass is 467 g/mol. The van der Waals surface area contributed by atoms with Crippen molar-refractivity contribution in [3.05, 3.63) is 88.9 Å². The minimum Gasteiger partial charge on any atom is -0.484 e. The van der Waals surface area contributed by atoms with E-state index in [0.717, 1.165) is 10.5 Å². The Bertz CT molecular complexity index is 1090. The van der Waals surface area contributed by atoms with Crippen LogP contribution >= 0.6 is 23.4 Å². The van der Waals surface area contributed by atoms with Crippen LogP contribution in [-0.2, 0) is 9.59 Å². The number of thioether (sulfide) groups is 1. The largest absolute Gasteiger partial charge is 0.484 e. The van der Waals surface area contributed by atoms with Crippen molar-refractivity contribution in [2.45, 2.75) is 11.8 Å². The second-order valence-electron chi connectivity index (χ2n) is 6.78. The number of aryl methyl sites for hydroxylation is 1. The molecule has 3 rings (SSSR count). The Hall–Kier alpha value is -3.29. The van der Waals surface area contributed by atoms with Gasteiger partial charge >= 0.3 is 0 Å². The second-order valence-corrected chi connectivity index (χ2v) is 8.24. The van der Waals surface area contributed by atoms with Crippen LogP contribution in [0, 0.1) is 6.92 Å². The van der Waals surface area contributed by atoms with Crippen LogP contribution in [0.4, 0.5) is 5.69 Å². The number of amides is 2. The molecular formula is C24H22ClN3O3S. The van der Waals surface area contributed by atoms with E-state index >= 15 is 0 Å². The third-order valence-electron chi connectivity index (χ3n) is 4.19. The van der Waals surface area contributed by atoms with Gasteiger partial charge in [-0.05, 0) is 61.0 Å². The summed E-state index contributed by atoms with van der Waals surface area (Å²) in [6.07, 6.45) is 1.54. The lowest BCUT2D eigenvalue weighted by molar-refractivity contribution is -0.119. The molecule has 0 unspecified atom stereocenters. The summed E-state index contributed by atoms with van der Waals surface area (Å²) in [6.45, 7) is 1.88. The van der Waals surface area contributed by atoms with Gasteiger partial charge in [0.15, 0.2) is 6.61 Å². The summed E-state index contributed by atoms with van der Waals surface area (Å²) in [7, 11) is 0. The molecule has 3 aromatic rings. The number of carbonyl (C=O) groups excluding carboxylic acids is 2. The molecule has 3 aromatic carbocycles. The highest BCUT2D eigenvalue weighted by Crippen LogP contribution is 2.20. The van der Waals surface area contributed by atoms with E-state index in [-0.39, 0.29) is 24.2 Å². The highest BCUT2D eigenvalue weighted by molar-refractivity contribution is 8.00. The fourth-order valence-corrected chi connectivity index (χ4v) is 3.42. The molecule has 8 heteroatoms. The molecule has 0 saturated carbocycles. The average Bonchev–Trinajstić information content (AvgIpc) is 2.80. The van der Waals surface area contributed by atoms with Gasteiger partial charge in [-0.15, -0.1) is 11.8 Å². The Kier molecular flexibility index (Phi) is 8.71. The normalized spacial score (nSPS) is 10.7. The number of halogens is 1. The zero-order valence-corrected chi connectivity index (χ0v) is 19.0. The van der Waals surface area contributed by atoms with Crippen molar-refractivity contribution in [1.82, 2.24) is 5.43 Å². The smallest absolute Gasteiger partial charge is 0.262 e. The van der Waals surface area contributed by atoms with Crippen LogP contribution in [-0.4, -0.2) is 30.4 Å². The first-order chi connectivity index (χ1) is 15.5. The first-order valence-corrected chi connectivity index (χ1v) is 11.1. The second kappa shape index (κ2) is 11.9. The summed E-state index contributed by atoms with van der Waals surface area (Å²) >= 11 is 7.47. The predicted octanol–water partition coefficient (Wildman–Crippen LogP) is 4.91. The van der Waals surface area contributed by atoms with Crippen molar-refractivity contribution >= 4 is 47.1 Å². The molecule has 0 aliphatic rings. The van der Waals surface area contributed by atoms with Gasteiger partial charge in [0.25, 0.3) is 5.91 Å². The van der Waals surface area contributed by atoms with Crippen LogP contribution in [0.1, 0.15) is 11.1 Å². The van der Waals surface area contributed by atoms with Crippen molar-refractivity contribution in [2.24, 2.45) is 5.10 Å². The Labute approximate surface area is 196 Å². The number of anilines is 1. The lowest BCUT2D eigenvalue weighted by atomic mass is 10.2. The quantitative estimate of drug-likeness (QED) is 0.266. The highest BCUT2D eigenvalue weighted by atomic mass is 35.5. The van der Waals surface area contributed by atoms with E-state index in [2.05, 4.69) is 15.8 Å². The van der Waals surface area contributed by atoms with E-state index in [4.69, 9.17) is 16.3 Å². The molecule has 32 heavy (non-hydrogen) atoms. The van der Waals surface area contributed by atoms with Crippen LogP contribution in [0.25, 0.3) is 0 Å². The number of nitrogens with zero attached hydrogens (tertiary/aromatic N) is 1. The Morgan fingerprint density at radius 2 is 1.72 bits per heavy atom. The van der Waals surface area contributed by atoms with Gasteiger partial charge in [0.1, 0.15) is 5.75 Å². The summed E-state index contributed by atoms with van der Waals surface area (Å²) in [4.78, 5) is 25.0. The third kappa shape index (κ3) is 7.76. The third-order valence-corrected chi connectivity index (χ3v) is 5.53. The Morgan fingerprint density at radius 1 is 1.00 bits per heavy atom. The summed E-state index contributed by atoms with van der Waals surface area (Å²) in [5, 5.41) is 7.13. The van der Waals surface area contributed by atoms with Gasteiger partial charge in [-0.1, -0.05) is 41.4 Å². The van der Waals surface area contributed by atoms with Crippen LogP contribution in [0.3, 0.4) is 0 Å². The molecule has 0 aliphatic heterocycles. The lowest BCUT2D eigenvalue weighted by Gasteiger charge is -2.08. The van der Waals surface area contributed by atoms with E-state index in [0.29, 0.717) is 16.5 Å². The molecule has 0 heterocycles. The predicted molar refractivity (Wildman–Crippen MR) is 130 cm³/mol. The maximum atomic E-state index is 12.0. The molecule has 0 aliphatic carbocycles. The molecule has 0 radical (unpaired) electrons. The number of hydrogen-bond acceptors (Lipinski definition) is 5. The van der Waals surface area contributed by atoms with Crippen molar-refractivity contribution in [2.75, 3.05) is 17.7 Å². The number of ether oxygens (including phenoxy) is 1. The van der Waals surface area contributed by atoms with Gasteiger partial charge in [-0.3, -0.25) is 9.59 Å². The molecule has 6 nitrogen and oxygen atoms in total. The summed E-state index contributed by atoms with van der Waals surface area (Å²) < 4.78 is 5.49. The molecular weight excluding hydrogens is 446 g/mol. The fraction of sp³-hybridized carbons (Fsp3) is 0.125.